The lowest BCUT2D eigenvalue weighted by atomic mass is 9.98. The van der Waals surface area contributed by atoms with Crippen LogP contribution in [0.5, 0.6) is 0 Å². The normalized spacial score (nSPS) is 11.7. The molecule has 0 aliphatic carbocycles. The van der Waals surface area contributed by atoms with Gasteiger partial charge in [0.05, 0.1) is 0 Å². The van der Waals surface area contributed by atoms with Crippen LogP contribution in [0.3, 0.4) is 0 Å². The molecule has 80 valence electrons. The first-order valence-electron chi connectivity index (χ1n) is 4.46. The molecule has 1 atom stereocenters. The van der Waals surface area contributed by atoms with Crippen LogP contribution in [0.2, 0.25) is 0 Å². The van der Waals surface area contributed by atoms with Crippen molar-refractivity contribution in [2.45, 2.75) is 12.8 Å². The molecule has 0 aliphatic heterocycles. The molecule has 1 N–H and O–H groups in total. The Hall–Kier alpha value is -1.52. The van der Waals surface area contributed by atoms with E-state index in [1.807, 2.05) is 16.8 Å². The Morgan fingerprint density at radius 2 is 2.53 bits per heavy atom. The maximum Gasteiger partial charge on any atom is 0.303 e. The smallest absolute Gasteiger partial charge is 0.303 e. The van der Waals surface area contributed by atoms with Gasteiger partial charge in [-0.05, 0) is 40.3 Å². The summed E-state index contributed by atoms with van der Waals surface area (Å²) in [5, 5.41) is 16.0. The lowest BCUT2D eigenvalue weighted by molar-refractivity contribution is -0.138. The van der Waals surface area contributed by atoms with Crippen molar-refractivity contribution in [1.82, 2.24) is 0 Å². The maximum absolute atomic E-state index is 10.6. The molecule has 1 rings (SSSR count). The second-order valence-corrected chi connectivity index (χ2v) is 3.99. The Morgan fingerprint density at radius 1 is 1.73 bits per heavy atom. The molecule has 0 radical (unpaired) electrons. The molecule has 0 saturated heterocycles. The zero-order valence-corrected chi connectivity index (χ0v) is 8.85. The second kappa shape index (κ2) is 6.06. The van der Waals surface area contributed by atoms with Gasteiger partial charge in [0.15, 0.2) is 0 Å². The molecule has 1 unspecified atom stereocenters. The fourth-order valence-electron chi connectivity index (χ4n) is 1.34. The molecule has 0 bridgehead atoms. The molecule has 6 heteroatoms. The Balaban J connectivity index is 2.55. The van der Waals surface area contributed by atoms with E-state index in [9.17, 15) is 4.79 Å². The van der Waals surface area contributed by atoms with Crippen molar-refractivity contribution in [3.63, 3.8) is 0 Å². The molecule has 0 aliphatic rings. The van der Waals surface area contributed by atoms with Crippen LogP contribution in [0, 0.1) is 5.92 Å². The molecule has 1 aromatic heterocycles. The van der Waals surface area contributed by atoms with Gasteiger partial charge in [-0.2, -0.15) is 11.3 Å². The van der Waals surface area contributed by atoms with Crippen LogP contribution in [0.1, 0.15) is 12.0 Å². The standard InChI is InChI=1S/C9H11N3O2S/c10-12-11-5-8(4-9(13)14)3-7-1-2-15-6-7/h1-2,6,8H,3-5H2,(H,13,14). The van der Waals surface area contributed by atoms with Gasteiger partial charge in [-0.25, -0.2) is 0 Å². The molecule has 1 heterocycles. The summed E-state index contributed by atoms with van der Waals surface area (Å²) in [7, 11) is 0. The lowest BCUT2D eigenvalue weighted by Crippen LogP contribution is -2.13. The fourth-order valence-corrected chi connectivity index (χ4v) is 2.02. The molecule has 0 spiro atoms. The van der Waals surface area contributed by atoms with E-state index in [-0.39, 0.29) is 18.9 Å². The molecule has 15 heavy (non-hydrogen) atoms. The van der Waals surface area contributed by atoms with Crippen LogP contribution in [0.4, 0.5) is 0 Å². The number of azide groups is 1. The van der Waals surface area contributed by atoms with Gasteiger partial charge in [0.2, 0.25) is 0 Å². The topological polar surface area (TPSA) is 86.1 Å². The molecule has 0 aromatic carbocycles. The number of carbonyl (C=O) groups is 1. The summed E-state index contributed by atoms with van der Waals surface area (Å²) in [6.45, 7) is 0.235. The molecule has 0 saturated carbocycles. The number of carboxylic acids is 1. The highest BCUT2D eigenvalue weighted by molar-refractivity contribution is 7.07. The number of nitrogens with zero attached hydrogens (tertiary/aromatic N) is 3. The van der Waals surface area contributed by atoms with E-state index in [1.54, 1.807) is 11.3 Å². The number of carboxylic acid groups (broad SMARTS) is 1. The first-order valence-corrected chi connectivity index (χ1v) is 5.40. The summed E-state index contributed by atoms with van der Waals surface area (Å²) >= 11 is 1.57. The molecule has 1 aromatic rings. The third-order valence-electron chi connectivity index (χ3n) is 1.97. The van der Waals surface area contributed by atoms with Gasteiger partial charge in [-0.3, -0.25) is 4.79 Å². The van der Waals surface area contributed by atoms with E-state index in [2.05, 4.69) is 10.0 Å². The SMILES string of the molecule is [N-]=[N+]=NCC(CC(=O)O)Cc1ccsc1. The average Bonchev–Trinajstić information content (AvgIpc) is 2.66. The molecule has 0 amide bonds. The number of thiophene rings is 1. The van der Waals surface area contributed by atoms with Crippen molar-refractivity contribution in [3.8, 4) is 0 Å². The third-order valence-corrected chi connectivity index (χ3v) is 2.70. The summed E-state index contributed by atoms with van der Waals surface area (Å²) in [6, 6.07) is 1.95. The molecular formula is C9H11N3O2S. The van der Waals surface area contributed by atoms with Gasteiger partial charge >= 0.3 is 5.97 Å². The van der Waals surface area contributed by atoms with Crippen LogP contribution in [-0.2, 0) is 11.2 Å². The lowest BCUT2D eigenvalue weighted by Gasteiger charge is -2.10. The molecular weight excluding hydrogens is 214 g/mol. The highest BCUT2D eigenvalue weighted by Crippen LogP contribution is 2.15. The Labute approximate surface area is 91.0 Å². The maximum atomic E-state index is 10.6. The zero-order valence-electron chi connectivity index (χ0n) is 8.04. The third kappa shape index (κ3) is 4.49. The first-order chi connectivity index (χ1) is 7.22. The minimum atomic E-state index is -0.858. The van der Waals surface area contributed by atoms with Gasteiger partial charge in [-0.15, -0.1) is 0 Å². The van der Waals surface area contributed by atoms with Crippen molar-refractivity contribution in [2.24, 2.45) is 11.0 Å². The monoisotopic (exact) mass is 225 g/mol. The van der Waals surface area contributed by atoms with Gasteiger partial charge in [0.25, 0.3) is 0 Å². The van der Waals surface area contributed by atoms with E-state index >= 15 is 0 Å². The van der Waals surface area contributed by atoms with E-state index in [0.29, 0.717) is 6.42 Å². The highest BCUT2D eigenvalue weighted by atomic mass is 32.1. The van der Waals surface area contributed by atoms with Crippen molar-refractivity contribution in [3.05, 3.63) is 32.8 Å². The van der Waals surface area contributed by atoms with E-state index < -0.39 is 5.97 Å². The van der Waals surface area contributed by atoms with Crippen LogP contribution in [0.25, 0.3) is 10.4 Å². The van der Waals surface area contributed by atoms with Gasteiger partial charge in [0, 0.05) is 17.9 Å². The van der Waals surface area contributed by atoms with Crippen LogP contribution in [0.15, 0.2) is 21.9 Å². The average molecular weight is 225 g/mol. The Kier molecular flexibility index (Phi) is 4.66. The number of hydrogen-bond acceptors (Lipinski definition) is 3. The minimum Gasteiger partial charge on any atom is -0.481 e. The number of hydrogen-bond donors (Lipinski definition) is 1. The van der Waals surface area contributed by atoms with Crippen LogP contribution < -0.4 is 0 Å². The quantitative estimate of drug-likeness (QED) is 0.458. The summed E-state index contributed by atoms with van der Waals surface area (Å²) < 4.78 is 0. The van der Waals surface area contributed by atoms with Gasteiger partial charge < -0.3 is 5.11 Å². The summed E-state index contributed by atoms with van der Waals surface area (Å²) in [4.78, 5) is 13.2. The highest BCUT2D eigenvalue weighted by Gasteiger charge is 2.13. The summed E-state index contributed by atoms with van der Waals surface area (Å²) in [5.41, 5.74) is 9.28. The summed E-state index contributed by atoms with van der Waals surface area (Å²) in [6.07, 6.45) is 0.684. The number of rotatable bonds is 6. The minimum absolute atomic E-state index is 0.0366. The van der Waals surface area contributed by atoms with Crippen molar-refractivity contribution in [2.75, 3.05) is 6.54 Å². The summed E-state index contributed by atoms with van der Waals surface area (Å²) in [5.74, 6) is -0.976. The first kappa shape index (κ1) is 11.6. The van der Waals surface area contributed by atoms with Crippen molar-refractivity contribution in [1.29, 1.82) is 0 Å². The zero-order chi connectivity index (χ0) is 11.1. The van der Waals surface area contributed by atoms with E-state index in [1.165, 1.54) is 0 Å². The van der Waals surface area contributed by atoms with Gasteiger partial charge in [0.1, 0.15) is 0 Å². The Bertz CT molecular complexity index is 353. The predicted molar refractivity (Wildman–Crippen MR) is 57.8 cm³/mol. The molecule has 5 nitrogen and oxygen atoms in total. The van der Waals surface area contributed by atoms with E-state index in [0.717, 1.165) is 5.56 Å². The predicted octanol–water partition coefficient (Wildman–Crippen LogP) is 2.69. The Morgan fingerprint density at radius 3 is 3.07 bits per heavy atom. The largest absolute Gasteiger partial charge is 0.481 e. The van der Waals surface area contributed by atoms with E-state index in [4.69, 9.17) is 10.6 Å². The number of aliphatic carboxylic acids is 1. The van der Waals surface area contributed by atoms with Gasteiger partial charge in [-0.1, -0.05) is 5.11 Å². The van der Waals surface area contributed by atoms with Crippen molar-refractivity contribution < 1.29 is 9.90 Å². The van der Waals surface area contributed by atoms with Crippen LogP contribution >= 0.6 is 11.3 Å². The fraction of sp³-hybridized carbons (Fsp3) is 0.444. The second-order valence-electron chi connectivity index (χ2n) is 3.21. The van der Waals surface area contributed by atoms with Crippen molar-refractivity contribution >= 4 is 17.3 Å². The molecule has 0 fully saturated rings. The van der Waals surface area contributed by atoms with Crippen LogP contribution in [-0.4, -0.2) is 17.6 Å².